The summed E-state index contributed by atoms with van der Waals surface area (Å²) in [4.78, 5) is 0. The summed E-state index contributed by atoms with van der Waals surface area (Å²) >= 11 is 0. The summed E-state index contributed by atoms with van der Waals surface area (Å²) < 4.78 is 1.98. The van der Waals surface area contributed by atoms with Gasteiger partial charge >= 0.3 is 0 Å². The highest BCUT2D eigenvalue weighted by Crippen LogP contribution is 2.48. The number of hydrogen-bond donors (Lipinski definition) is 1. The van der Waals surface area contributed by atoms with Gasteiger partial charge in [0.25, 0.3) is 0 Å². The molecule has 15 heavy (non-hydrogen) atoms. The van der Waals surface area contributed by atoms with Crippen LogP contribution in [-0.2, 0) is 19.9 Å². The summed E-state index contributed by atoms with van der Waals surface area (Å²) in [6, 6.07) is 2.48. The van der Waals surface area contributed by atoms with Gasteiger partial charge in [-0.15, -0.1) is 0 Å². The minimum absolute atomic E-state index is 0.289. The lowest BCUT2D eigenvalue weighted by Gasteiger charge is -2.18. The highest BCUT2D eigenvalue weighted by atomic mass is 15.3. The molecule has 1 aromatic heterocycles. The van der Waals surface area contributed by atoms with Crippen LogP contribution in [0.25, 0.3) is 0 Å². The highest BCUT2D eigenvalue weighted by molar-refractivity contribution is 5.13. The Morgan fingerprint density at radius 2 is 2.27 bits per heavy atom. The smallest absolute Gasteiger partial charge is 0.0624 e. The number of nitrogens with two attached hydrogens (primary N) is 1. The van der Waals surface area contributed by atoms with E-state index in [1.807, 2.05) is 11.7 Å². The molecule has 1 saturated carbocycles. The molecule has 1 aliphatic rings. The zero-order valence-corrected chi connectivity index (χ0v) is 9.95. The largest absolute Gasteiger partial charge is 0.327 e. The van der Waals surface area contributed by atoms with E-state index >= 15 is 0 Å². The highest BCUT2D eigenvalue weighted by Gasteiger charge is 2.43. The molecule has 3 nitrogen and oxygen atoms in total. The van der Waals surface area contributed by atoms with Gasteiger partial charge in [-0.25, -0.2) is 0 Å². The zero-order chi connectivity index (χ0) is 11.1. The third kappa shape index (κ3) is 2.07. The van der Waals surface area contributed by atoms with Gasteiger partial charge in [-0.2, -0.15) is 5.10 Å². The number of aromatic nitrogens is 2. The Hall–Kier alpha value is -0.830. The lowest BCUT2D eigenvalue weighted by atomic mass is 9.95. The van der Waals surface area contributed by atoms with Crippen LogP contribution in [0, 0.1) is 5.41 Å². The van der Waals surface area contributed by atoms with Crippen LogP contribution in [0.5, 0.6) is 0 Å². The van der Waals surface area contributed by atoms with Crippen molar-refractivity contribution in [3.8, 4) is 0 Å². The van der Waals surface area contributed by atoms with Crippen molar-refractivity contribution in [1.29, 1.82) is 0 Å². The second-order valence-electron chi connectivity index (χ2n) is 5.07. The van der Waals surface area contributed by atoms with Crippen molar-refractivity contribution in [2.75, 3.05) is 0 Å². The molecule has 0 aromatic carbocycles. The molecule has 0 spiro atoms. The molecule has 3 heteroatoms. The Labute approximate surface area is 91.7 Å². The molecule has 1 unspecified atom stereocenters. The molecule has 0 bridgehead atoms. The van der Waals surface area contributed by atoms with E-state index in [4.69, 9.17) is 5.73 Å². The first-order valence-electron chi connectivity index (χ1n) is 5.82. The third-order valence-electron chi connectivity index (χ3n) is 3.75. The molecular formula is C12H21N3. The SMILES string of the molecule is CCc1cc(CC(N)C2(C)CC2)n(C)n1. The van der Waals surface area contributed by atoms with Gasteiger partial charge in [0.15, 0.2) is 0 Å². The lowest BCUT2D eigenvalue weighted by Crippen LogP contribution is -2.32. The van der Waals surface area contributed by atoms with Crippen molar-refractivity contribution >= 4 is 0 Å². The number of hydrogen-bond acceptors (Lipinski definition) is 2. The summed E-state index contributed by atoms with van der Waals surface area (Å²) in [5, 5.41) is 4.45. The second kappa shape index (κ2) is 3.63. The molecule has 0 amide bonds. The van der Waals surface area contributed by atoms with Gasteiger partial charge in [-0.3, -0.25) is 4.68 Å². The first kappa shape index (κ1) is 10.7. The topological polar surface area (TPSA) is 43.8 Å². The first-order valence-corrected chi connectivity index (χ1v) is 5.82. The monoisotopic (exact) mass is 207 g/mol. The number of aryl methyl sites for hydroxylation is 2. The first-order chi connectivity index (χ1) is 7.05. The fourth-order valence-electron chi connectivity index (χ4n) is 1.97. The average molecular weight is 207 g/mol. The van der Waals surface area contributed by atoms with Crippen molar-refractivity contribution in [2.45, 2.75) is 45.6 Å². The Balaban J connectivity index is 2.06. The van der Waals surface area contributed by atoms with Crippen LogP contribution in [-0.4, -0.2) is 15.8 Å². The summed E-state index contributed by atoms with van der Waals surface area (Å²) in [6.45, 7) is 4.42. The van der Waals surface area contributed by atoms with Crippen LogP contribution < -0.4 is 5.73 Å². The Bertz CT molecular complexity index is 350. The molecule has 0 radical (unpaired) electrons. The van der Waals surface area contributed by atoms with Crippen LogP contribution >= 0.6 is 0 Å². The van der Waals surface area contributed by atoms with Crippen molar-refractivity contribution in [3.05, 3.63) is 17.5 Å². The van der Waals surface area contributed by atoms with E-state index in [-0.39, 0.29) is 6.04 Å². The molecule has 84 valence electrons. The van der Waals surface area contributed by atoms with E-state index < -0.39 is 0 Å². The van der Waals surface area contributed by atoms with Gasteiger partial charge < -0.3 is 5.73 Å². The molecule has 1 atom stereocenters. The van der Waals surface area contributed by atoms with Crippen molar-refractivity contribution in [3.63, 3.8) is 0 Å². The lowest BCUT2D eigenvalue weighted by molar-refractivity contribution is 0.424. The summed E-state index contributed by atoms with van der Waals surface area (Å²) in [7, 11) is 2.01. The van der Waals surface area contributed by atoms with Crippen molar-refractivity contribution in [2.24, 2.45) is 18.2 Å². The van der Waals surface area contributed by atoms with E-state index in [1.54, 1.807) is 0 Å². The van der Waals surface area contributed by atoms with E-state index in [1.165, 1.54) is 24.2 Å². The van der Waals surface area contributed by atoms with Gasteiger partial charge in [0.1, 0.15) is 0 Å². The normalized spacial score (nSPS) is 20.3. The summed E-state index contributed by atoms with van der Waals surface area (Å²) in [5.74, 6) is 0. The minimum Gasteiger partial charge on any atom is -0.327 e. The molecule has 0 aliphatic heterocycles. The molecule has 1 fully saturated rings. The average Bonchev–Trinajstić information content (AvgIpc) is 2.85. The zero-order valence-electron chi connectivity index (χ0n) is 9.95. The molecule has 1 aliphatic carbocycles. The van der Waals surface area contributed by atoms with E-state index in [2.05, 4.69) is 25.0 Å². The number of rotatable bonds is 4. The van der Waals surface area contributed by atoms with Gasteiger partial charge in [-0.1, -0.05) is 13.8 Å². The molecule has 2 rings (SSSR count). The standard InChI is InChI=1S/C12H21N3/c1-4-9-7-10(15(3)14-9)8-11(13)12(2)5-6-12/h7,11H,4-6,8,13H2,1-3H3. The number of nitrogens with zero attached hydrogens (tertiary/aromatic N) is 2. The predicted molar refractivity (Wildman–Crippen MR) is 61.6 cm³/mol. The maximum absolute atomic E-state index is 6.22. The molecule has 1 aromatic rings. The Morgan fingerprint density at radius 1 is 1.60 bits per heavy atom. The van der Waals surface area contributed by atoms with E-state index in [9.17, 15) is 0 Å². The van der Waals surface area contributed by atoms with Gasteiger partial charge in [0.05, 0.1) is 5.69 Å². The molecule has 1 heterocycles. The van der Waals surface area contributed by atoms with Crippen LogP contribution in [0.1, 0.15) is 38.1 Å². The summed E-state index contributed by atoms with van der Waals surface area (Å²) in [6.07, 6.45) is 4.53. The van der Waals surface area contributed by atoms with Crippen molar-refractivity contribution in [1.82, 2.24) is 9.78 Å². The van der Waals surface area contributed by atoms with Crippen molar-refractivity contribution < 1.29 is 0 Å². The fourth-order valence-corrected chi connectivity index (χ4v) is 1.97. The molecule has 2 N–H and O–H groups in total. The molecular weight excluding hydrogens is 186 g/mol. The molecule has 0 saturated heterocycles. The van der Waals surface area contributed by atoms with Gasteiger partial charge in [-0.05, 0) is 30.7 Å². The summed E-state index contributed by atoms with van der Waals surface area (Å²) in [5.41, 5.74) is 9.06. The van der Waals surface area contributed by atoms with E-state index in [0.717, 1.165) is 12.8 Å². The fraction of sp³-hybridized carbons (Fsp3) is 0.750. The second-order valence-corrected chi connectivity index (χ2v) is 5.07. The maximum Gasteiger partial charge on any atom is 0.0624 e. The van der Waals surface area contributed by atoms with Crippen LogP contribution in [0.15, 0.2) is 6.07 Å². The van der Waals surface area contributed by atoms with Gasteiger partial charge in [0.2, 0.25) is 0 Å². The predicted octanol–water partition coefficient (Wildman–Crippen LogP) is 1.65. The quantitative estimate of drug-likeness (QED) is 0.816. The van der Waals surface area contributed by atoms with Crippen LogP contribution in [0.2, 0.25) is 0 Å². The van der Waals surface area contributed by atoms with Crippen LogP contribution in [0.4, 0.5) is 0 Å². The van der Waals surface area contributed by atoms with E-state index in [0.29, 0.717) is 5.41 Å². The Morgan fingerprint density at radius 3 is 2.73 bits per heavy atom. The maximum atomic E-state index is 6.22. The third-order valence-corrected chi connectivity index (χ3v) is 3.75. The van der Waals surface area contributed by atoms with Gasteiger partial charge in [0, 0.05) is 25.2 Å². The Kier molecular flexibility index (Phi) is 2.59. The minimum atomic E-state index is 0.289. The van der Waals surface area contributed by atoms with Crippen LogP contribution in [0.3, 0.4) is 0 Å².